The molecule has 0 fully saturated rings. The number of rotatable bonds is 9. The first kappa shape index (κ1) is 30.1. The smallest absolute Gasteiger partial charge is 0.0681 e. The van der Waals surface area contributed by atoms with Crippen molar-refractivity contribution in [1.29, 1.82) is 0 Å². The molecule has 0 aromatic heterocycles. The zero-order valence-electron chi connectivity index (χ0n) is 23.6. The summed E-state index contributed by atoms with van der Waals surface area (Å²) in [6.45, 7) is 10.5. The van der Waals surface area contributed by atoms with E-state index < -0.39 is 0 Å². The second-order valence-electron chi connectivity index (χ2n) is 9.65. The minimum Gasteiger partial charge on any atom is -0.392 e. The molecule has 37 heavy (non-hydrogen) atoms. The average molecular weight is 495 g/mol. The molecule has 0 amide bonds. The monoisotopic (exact) mass is 494 g/mol. The molecule has 1 N–H and O–H groups in total. The van der Waals surface area contributed by atoms with E-state index in [1.165, 1.54) is 58.2 Å². The summed E-state index contributed by atoms with van der Waals surface area (Å²) < 4.78 is 0. The van der Waals surface area contributed by atoms with Crippen molar-refractivity contribution in [2.45, 2.75) is 79.8 Å². The van der Waals surface area contributed by atoms with Crippen LogP contribution in [0.4, 0.5) is 0 Å². The zero-order chi connectivity index (χ0) is 26.9. The predicted octanol–water partition coefficient (Wildman–Crippen LogP) is 9.17. The third-order valence-electron chi connectivity index (χ3n) is 6.36. The lowest BCUT2D eigenvalue weighted by molar-refractivity contribution is 0.281. The Hall–Kier alpha value is -3.16. The minimum atomic E-state index is 0.131. The third kappa shape index (κ3) is 12.1. The zero-order valence-corrected chi connectivity index (χ0v) is 23.6. The second-order valence-corrected chi connectivity index (χ2v) is 9.65. The van der Waals surface area contributed by atoms with Crippen LogP contribution in [0.15, 0.2) is 97.1 Å². The summed E-state index contributed by atoms with van der Waals surface area (Å²) in [5.41, 5.74) is 10.6. The molecule has 1 heteroatoms. The summed E-state index contributed by atoms with van der Waals surface area (Å²) in [6, 6.07) is 34.7. The number of hydrogen-bond donors (Lipinski definition) is 1. The first-order chi connectivity index (χ1) is 18.0. The van der Waals surface area contributed by atoms with E-state index >= 15 is 0 Å². The number of benzene rings is 4. The van der Waals surface area contributed by atoms with Crippen LogP contribution < -0.4 is 0 Å². The molecule has 4 aromatic carbocycles. The van der Waals surface area contributed by atoms with Crippen molar-refractivity contribution in [3.63, 3.8) is 0 Å². The molecule has 196 valence electrons. The van der Waals surface area contributed by atoms with Crippen molar-refractivity contribution < 1.29 is 5.11 Å². The van der Waals surface area contributed by atoms with Gasteiger partial charge >= 0.3 is 0 Å². The van der Waals surface area contributed by atoms with Gasteiger partial charge in [0.1, 0.15) is 0 Å². The van der Waals surface area contributed by atoms with Gasteiger partial charge in [-0.25, -0.2) is 0 Å². The Kier molecular flexibility index (Phi) is 14.1. The Bertz CT molecular complexity index is 1140. The topological polar surface area (TPSA) is 20.2 Å². The van der Waals surface area contributed by atoms with Gasteiger partial charge in [0.2, 0.25) is 0 Å². The van der Waals surface area contributed by atoms with Crippen molar-refractivity contribution in [3.8, 4) is 0 Å². The van der Waals surface area contributed by atoms with E-state index in [0.29, 0.717) is 0 Å². The Balaban J connectivity index is 0.000000244. The van der Waals surface area contributed by atoms with E-state index in [9.17, 15) is 0 Å². The van der Waals surface area contributed by atoms with Crippen LogP contribution in [-0.2, 0) is 32.3 Å². The van der Waals surface area contributed by atoms with Crippen LogP contribution in [0.25, 0.3) is 0 Å². The summed E-state index contributed by atoms with van der Waals surface area (Å²) in [5.74, 6) is 0. The van der Waals surface area contributed by atoms with Crippen LogP contribution in [0.2, 0.25) is 0 Å². The molecule has 4 aromatic rings. The lowest BCUT2D eigenvalue weighted by atomic mass is 10.0. The van der Waals surface area contributed by atoms with Gasteiger partial charge in [-0.05, 0) is 87.1 Å². The molecular weight excluding hydrogens is 448 g/mol. The highest BCUT2D eigenvalue weighted by Gasteiger charge is 1.98. The second kappa shape index (κ2) is 17.3. The van der Waals surface area contributed by atoms with Crippen molar-refractivity contribution in [3.05, 3.63) is 142 Å². The molecule has 4 rings (SSSR count). The molecule has 0 spiro atoms. The van der Waals surface area contributed by atoms with Gasteiger partial charge in [-0.3, -0.25) is 0 Å². The van der Waals surface area contributed by atoms with E-state index in [2.05, 4.69) is 106 Å². The van der Waals surface area contributed by atoms with Gasteiger partial charge in [-0.1, -0.05) is 128 Å². The van der Waals surface area contributed by atoms with Gasteiger partial charge in [0.05, 0.1) is 6.61 Å². The highest BCUT2D eigenvalue weighted by Crippen LogP contribution is 2.12. The molecule has 0 aliphatic heterocycles. The summed E-state index contributed by atoms with van der Waals surface area (Å²) in [4.78, 5) is 0. The molecule has 0 atom stereocenters. The van der Waals surface area contributed by atoms with Crippen LogP contribution in [0.1, 0.15) is 71.2 Å². The van der Waals surface area contributed by atoms with Crippen LogP contribution in [-0.4, -0.2) is 5.11 Å². The summed E-state index contributed by atoms with van der Waals surface area (Å²) >= 11 is 0. The Morgan fingerprint density at radius 2 is 0.838 bits per heavy atom. The largest absolute Gasteiger partial charge is 0.392 e. The number of hydrogen-bond acceptors (Lipinski definition) is 1. The normalized spacial score (nSPS) is 10.1. The van der Waals surface area contributed by atoms with Crippen LogP contribution in [0.3, 0.4) is 0 Å². The summed E-state index contributed by atoms with van der Waals surface area (Å²) in [5, 5.41) is 9.09. The predicted molar refractivity (Wildman–Crippen MR) is 161 cm³/mol. The molecule has 0 bridgehead atoms. The maximum Gasteiger partial charge on any atom is 0.0681 e. The van der Waals surface area contributed by atoms with Crippen molar-refractivity contribution in [2.75, 3.05) is 0 Å². The van der Waals surface area contributed by atoms with E-state index in [4.69, 9.17) is 5.11 Å². The molecule has 0 unspecified atom stereocenters. The summed E-state index contributed by atoms with van der Waals surface area (Å²) in [6.07, 6.45) is 6.92. The molecule has 0 radical (unpaired) electrons. The SMILES string of the molecule is CC.Cc1ccc(CCCc2cccc(C)c2)cc1.Cc1ccc(CCCc2cccc(CO)c2)cc1. The molecule has 0 saturated carbocycles. The number of aliphatic hydroxyl groups is 1. The standard InChI is InChI=1S/C17H20O.C17H20.C2H6/c1-14-8-10-15(11-9-14)4-2-5-16-6-3-7-17(12-16)13-18;1-14-9-11-16(12-10-14)6-4-8-17-7-3-5-15(2)13-17;1-2/h3,6-12,18H,2,4-5,13H2,1H3;3,5,7,9-13H,4,6,8H2,1-2H3;1-2H3. The van der Waals surface area contributed by atoms with E-state index in [0.717, 1.165) is 24.8 Å². The molecule has 0 aliphatic rings. The third-order valence-corrected chi connectivity index (χ3v) is 6.36. The van der Waals surface area contributed by atoms with E-state index in [1.54, 1.807) is 0 Å². The van der Waals surface area contributed by atoms with Gasteiger partial charge in [-0.15, -0.1) is 0 Å². The Morgan fingerprint density at radius 1 is 0.432 bits per heavy atom. The molecule has 0 heterocycles. The number of aliphatic hydroxyl groups excluding tert-OH is 1. The Labute approximate surface area is 226 Å². The van der Waals surface area contributed by atoms with Crippen molar-refractivity contribution in [2.24, 2.45) is 0 Å². The quantitative estimate of drug-likeness (QED) is 0.246. The van der Waals surface area contributed by atoms with Crippen LogP contribution in [0, 0.1) is 20.8 Å². The maximum atomic E-state index is 9.09. The fourth-order valence-corrected chi connectivity index (χ4v) is 4.25. The average Bonchev–Trinajstić information content (AvgIpc) is 2.93. The lowest BCUT2D eigenvalue weighted by Gasteiger charge is -2.04. The summed E-state index contributed by atoms with van der Waals surface area (Å²) in [7, 11) is 0. The fraction of sp³-hybridized carbons (Fsp3) is 0.333. The lowest BCUT2D eigenvalue weighted by Crippen LogP contribution is -1.92. The van der Waals surface area contributed by atoms with Crippen molar-refractivity contribution in [1.82, 2.24) is 0 Å². The molecule has 1 nitrogen and oxygen atoms in total. The number of aryl methyl sites for hydroxylation is 7. The van der Waals surface area contributed by atoms with Gasteiger partial charge in [0.25, 0.3) is 0 Å². The van der Waals surface area contributed by atoms with Gasteiger partial charge in [-0.2, -0.15) is 0 Å². The highest BCUT2D eigenvalue weighted by molar-refractivity contribution is 5.25. The van der Waals surface area contributed by atoms with Gasteiger partial charge < -0.3 is 5.11 Å². The first-order valence-corrected chi connectivity index (χ1v) is 13.9. The first-order valence-electron chi connectivity index (χ1n) is 13.9. The van der Waals surface area contributed by atoms with Crippen LogP contribution >= 0.6 is 0 Å². The molecule has 0 saturated heterocycles. The maximum absolute atomic E-state index is 9.09. The highest BCUT2D eigenvalue weighted by atomic mass is 16.3. The van der Waals surface area contributed by atoms with Gasteiger partial charge in [0.15, 0.2) is 0 Å². The van der Waals surface area contributed by atoms with E-state index in [1.807, 2.05) is 26.0 Å². The molecule has 0 aliphatic carbocycles. The van der Waals surface area contributed by atoms with Crippen molar-refractivity contribution >= 4 is 0 Å². The Morgan fingerprint density at radius 3 is 1.30 bits per heavy atom. The van der Waals surface area contributed by atoms with E-state index in [-0.39, 0.29) is 6.61 Å². The minimum absolute atomic E-state index is 0.131. The fourth-order valence-electron chi connectivity index (χ4n) is 4.25. The van der Waals surface area contributed by atoms with Gasteiger partial charge in [0, 0.05) is 0 Å². The molecular formula is C36H46O. The van der Waals surface area contributed by atoms with Crippen LogP contribution in [0.5, 0.6) is 0 Å².